The van der Waals surface area contributed by atoms with Gasteiger partial charge >= 0.3 is 0 Å². The van der Waals surface area contributed by atoms with Crippen LogP contribution in [0.15, 0.2) is 237 Å². The van der Waals surface area contributed by atoms with E-state index in [1.807, 2.05) is 36.4 Å². The van der Waals surface area contributed by atoms with E-state index in [1.54, 1.807) is 21.3 Å². The minimum absolute atomic E-state index is 0.678. The zero-order valence-corrected chi connectivity index (χ0v) is 37.9. The molecule has 0 N–H and O–H groups in total. The van der Waals surface area contributed by atoms with Crippen molar-refractivity contribution in [3.05, 3.63) is 287 Å². The summed E-state index contributed by atoms with van der Waals surface area (Å²) in [5.74, 6) is 2.03. The predicted octanol–water partition coefficient (Wildman–Crippen LogP) is 15.9. The normalized spacial score (nSPS) is 10.6. The van der Waals surface area contributed by atoms with Crippen LogP contribution in [0.3, 0.4) is 0 Å². The molecule has 4 nitrogen and oxygen atoms in total. The summed E-state index contributed by atoms with van der Waals surface area (Å²) in [6, 6.07) is 82.0. The second-order valence-electron chi connectivity index (χ2n) is 16.0. The fourth-order valence-corrected chi connectivity index (χ4v) is 8.50. The fraction of sp³-hybridized carbons (Fsp3) is 0.0476. The molecule has 0 bridgehead atoms. The summed E-state index contributed by atoms with van der Waals surface area (Å²) < 4.78 is 19.0. The third kappa shape index (κ3) is 10.0. The maximum atomic E-state index is 6.33. The largest absolute Gasteiger partial charge is 0.495 e. The van der Waals surface area contributed by atoms with E-state index in [1.165, 1.54) is 0 Å². The van der Waals surface area contributed by atoms with Crippen molar-refractivity contribution < 1.29 is 14.2 Å². The Kier molecular flexibility index (Phi) is 13.6. The maximum Gasteiger partial charge on any atom is 0.143 e. The van der Waals surface area contributed by atoms with E-state index in [9.17, 15) is 0 Å². The highest BCUT2D eigenvalue weighted by molar-refractivity contribution is 5.96. The number of hydrogen-bond acceptors (Lipinski definition) is 4. The Morgan fingerprint density at radius 2 is 0.493 bits per heavy atom. The van der Waals surface area contributed by atoms with Crippen molar-refractivity contribution in [3.8, 4) is 17.2 Å². The second kappa shape index (κ2) is 20.9. The van der Waals surface area contributed by atoms with Gasteiger partial charge in [-0.05, 0) is 121 Å². The molecule has 0 spiro atoms. The molecule has 0 fully saturated rings. The summed E-state index contributed by atoms with van der Waals surface area (Å²) in [5, 5.41) is 0. The molecule has 0 saturated heterocycles. The molecule has 0 radical (unpaired) electrons. The Balaban J connectivity index is 1.21. The maximum absolute atomic E-state index is 6.33. The first-order chi connectivity index (χ1) is 33.1. The molecule has 0 aliphatic carbocycles. The number of methoxy groups -OCH3 is 3. The SMILES string of the molecule is COc1cc(C=C(c2ccccc2)c2ccccc2)ccc1N(c1ccc(C=C(c2ccccc2)c2ccccc2)cc1OC)c1ccc(C=C(c2ccccc2)c2ccccc2)cc1OC. The average Bonchev–Trinajstić information content (AvgIpc) is 3.41. The number of benzene rings is 9. The molecule has 0 aliphatic heterocycles. The highest BCUT2D eigenvalue weighted by Crippen LogP contribution is 2.48. The first-order valence-electron chi connectivity index (χ1n) is 22.4. The van der Waals surface area contributed by atoms with Gasteiger partial charge in [-0.2, -0.15) is 0 Å². The molecular formula is C63H51NO3. The summed E-state index contributed by atoms with van der Waals surface area (Å²) in [5.41, 5.74) is 15.5. The van der Waals surface area contributed by atoms with E-state index in [0.717, 1.165) is 83.9 Å². The van der Waals surface area contributed by atoms with Gasteiger partial charge in [0.15, 0.2) is 0 Å². The summed E-state index contributed by atoms with van der Waals surface area (Å²) in [7, 11) is 5.17. The van der Waals surface area contributed by atoms with E-state index in [4.69, 9.17) is 14.2 Å². The second-order valence-corrected chi connectivity index (χ2v) is 16.0. The van der Waals surface area contributed by atoms with Crippen LogP contribution < -0.4 is 19.1 Å². The van der Waals surface area contributed by atoms with Crippen LogP contribution in [0, 0.1) is 0 Å². The van der Waals surface area contributed by atoms with Crippen molar-refractivity contribution in [2.75, 3.05) is 26.2 Å². The summed E-state index contributed by atoms with van der Waals surface area (Å²) >= 11 is 0. The summed E-state index contributed by atoms with van der Waals surface area (Å²) in [4.78, 5) is 2.17. The topological polar surface area (TPSA) is 30.9 Å². The van der Waals surface area contributed by atoms with E-state index in [0.29, 0.717) is 17.2 Å². The van der Waals surface area contributed by atoms with Crippen LogP contribution in [-0.2, 0) is 0 Å². The lowest BCUT2D eigenvalue weighted by Gasteiger charge is -2.30. The third-order valence-corrected chi connectivity index (χ3v) is 11.8. The molecule has 0 aliphatic rings. The molecular weight excluding hydrogens is 819 g/mol. The lowest BCUT2D eigenvalue weighted by atomic mass is 9.95. The van der Waals surface area contributed by atoms with Gasteiger partial charge in [-0.15, -0.1) is 0 Å². The quantitative estimate of drug-likeness (QED) is 0.0961. The smallest absolute Gasteiger partial charge is 0.143 e. The van der Waals surface area contributed by atoms with Crippen LogP contribution in [0.5, 0.6) is 17.2 Å². The van der Waals surface area contributed by atoms with Gasteiger partial charge in [0.25, 0.3) is 0 Å². The van der Waals surface area contributed by atoms with Crippen molar-refractivity contribution in [1.82, 2.24) is 0 Å². The number of rotatable bonds is 15. The van der Waals surface area contributed by atoms with E-state index < -0.39 is 0 Å². The highest BCUT2D eigenvalue weighted by Gasteiger charge is 2.24. The predicted molar refractivity (Wildman–Crippen MR) is 280 cm³/mol. The molecule has 4 heteroatoms. The van der Waals surface area contributed by atoms with Gasteiger partial charge in [0.1, 0.15) is 17.2 Å². The zero-order chi connectivity index (χ0) is 45.8. The van der Waals surface area contributed by atoms with Crippen molar-refractivity contribution in [1.29, 1.82) is 0 Å². The average molecular weight is 870 g/mol. The molecule has 9 aromatic rings. The van der Waals surface area contributed by atoms with Crippen LogP contribution in [0.25, 0.3) is 34.9 Å². The summed E-state index contributed by atoms with van der Waals surface area (Å²) in [6.45, 7) is 0. The number of ether oxygens (including phenoxy) is 3. The number of anilines is 3. The lowest BCUT2D eigenvalue weighted by Crippen LogP contribution is -2.14. The van der Waals surface area contributed by atoms with Crippen LogP contribution in [0.4, 0.5) is 17.1 Å². The van der Waals surface area contributed by atoms with Crippen molar-refractivity contribution in [2.24, 2.45) is 0 Å². The molecule has 326 valence electrons. The Morgan fingerprint density at radius 3 is 0.687 bits per heavy atom. The Labute approximate surface area is 394 Å². The molecule has 0 atom stereocenters. The minimum Gasteiger partial charge on any atom is -0.495 e. The molecule has 0 aromatic heterocycles. The van der Waals surface area contributed by atoms with Gasteiger partial charge in [-0.3, -0.25) is 4.90 Å². The van der Waals surface area contributed by atoms with Crippen molar-refractivity contribution in [2.45, 2.75) is 0 Å². The minimum atomic E-state index is 0.678. The third-order valence-electron chi connectivity index (χ3n) is 11.8. The fourth-order valence-electron chi connectivity index (χ4n) is 8.50. The van der Waals surface area contributed by atoms with E-state index in [-0.39, 0.29) is 0 Å². The monoisotopic (exact) mass is 869 g/mol. The molecule has 9 aromatic carbocycles. The number of nitrogens with zero attached hydrogens (tertiary/aromatic N) is 1. The van der Waals surface area contributed by atoms with E-state index >= 15 is 0 Å². The van der Waals surface area contributed by atoms with Crippen LogP contribution in [0.1, 0.15) is 50.1 Å². The molecule has 0 heterocycles. The number of hydrogen-bond donors (Lipinski definition) is 0. The van der Waals surface area contributed by atoms with Crippen molar-refractivity contribution in [3.63, 3.8) is 0 Å². The van der Waals surface area contributed by atoms with Crippen molar-refractivity contribution >= 4 is 52.0 Å². The van der Waals surface area contributed by atoms with Crippen LogP contribution in [0.2, 0.25) is 0 Å². The molecule has 0 unspecified atom stereocenters. The van der Waals surface area contributed by atoms with E-state index in [2.05, 4.69) is 223 Å². The Morgan fingerprint density at radius 1 is 0.284 bits per heavy atom. The first kappa shape index (κ1) is 43.6. The molecule has 0 amide bonds. The van der Waals surface area contributed by atoms with Crippen LogP contribution in [-0.4, -0.2) is 21.3 Å². The highest BCUT2D eigenvalue weighted by atomic mass is 16.5. The summed E-state index contributed by atoms with van der Waals surface area (Å²) in [6.07, 6.45) is 6.66. The first-order valence-corrected chi connectivity index (χ1v) is 22.4. The van der Waals surface area contributed by atoms with Gasteiger partial charge < -0.3 is 14.2 Å². The van der Waals surface area contributed by atoms with Crippen LogP contribution >= 0.6 is 0 Å². The molecule has 67 heavy (non-hydrogen) atoms. The lowest BCUT2D eigenvalue weighted by molar-refractivity contribution is 0.409. The zero-order valence-electron chi connectivity index (χ0n) is 37.9. The standard InChI is InChI=1S/C63H51NO3/c1-65-61-43-46(40-55(49-22-10-4-11-23-49)50-24-12-5-13-25-50)34-37-58(61)64(59-38-35-47(44-62(59)66-2)41-56(51-26-14-6-15-27-51)52-28-16-7-17-29-52)60-39-36-48(45-63(60)67-3)42-57(53-30-18-8-19-31-53)54-32-20-9-21-33-54/h4-45H,1-3H3. The van der Waals surface area contributed by atoms with Gasteiger partial charge in [-0.1, -0.05) is 200 Å². The van der Waals surface area contributed by atoms with Gasteiger partial charge in [0, 0.05) is 0 Å². The van der Waals surface area contributed by atoms with Gasteiger partial charge in [-0.25, -0.2) is 0 Å². The molecule has 0 saturated carbocycles. The Bertz CT molecular complexity index is 2680. The van der Waals surface area contributed by atoms with Gasteiger partial charge in [0.05, 0.1) is 38.4 Å². The Hall–Kier alpha value is -8.60. The molecule has 9 rings (SSSR count). The van der Waals surface area contributed by atoms with Gasteiger partial charge in [0.2, 0.25) is 0 Å².